The van der Waals surface area contributed by atoms with Crippen molar-refractivity contribution in [3.05, 3.63) is 59.7 Å². The number of hydrogen-bond acceptors (Lipinski definition) is 4. The molecule has 0 spiro atoms. The minimum absolute atomic E-state index is 0.260. The zero-order chi connectivity index (χ0) is 15.6. The maximum absolute atomic E-state index is 5.72. The van der Waals surface area contributed by atoms with Crippen molar-refractivity contribution in [3.63, 3.8) is 0 Å². The molecular weight excluding hydrogens is 288 g/mol. The average molecular weight is 308 g/mol. The number of para-hydroxylation sites is 2. The second kappa shape index (κ2) is 6.10. The van der Waals surface area contributed by atoms with Gasteiger partial charge in [-0.05, 0) is 31.2 Å². The molecule has 3 heterocycles. The normalized spacial score (nSPS) is 17.3. The molecule has 5 heteroatoms. The van der Waals surface area contributed by atoms with Crippen LogP contribution in [0.2, 0.25) is 0 Å². The highest BCUT2D eigenvalue weighted by atomic mass is 16.5. The zero-order valence-corrected chi connectivity index (χ0v) is 13.2. The first-order chi connectivity index (χ1) is 11.3. The number of hydrogen-bond donors (Lipinski definition) is 1. The van der Waals surface area contributed by atoms with Crippen molar-refractivity contribution in [2.45, 2.75) is 26.1 Å². The van der Waals surface area contributed by atoms with Crippen molar-refractivity contribution in [2.75, 3.05) is 13.2 Å². The van der Waals surface area contributed by atoms with Crippen molar-refractivity contribution >= 4 is 11.0 Å². The maximum Gasteiger partial charge on any atom is 0.136 e. The van der Waals surface area contributed by atoms with E-state index >= 15 is 0 Å². The Morgan fingerprint density at radius 2 is 2.09 bits per heavy atom. The Balaban J connectivity index is 1.51. The first-order valence-corrected chi connectivity index (χ1v) is 7.98. The molecule has 0 bridgehead atoms. The lowest BCUT2D eigenvalue weighted by Gasteiger charge is -2.26. The number of rotatable bonds is 4. The van der Waals surface area contributed by atoms with Gasteiger partial charge in [0, 0.05) is 18.8 Å². The van der Waals surface area contributed by atoms with Crippen molar-refractivity contribution < 1.29 is 4.74 Å². The number of ether oxygens (including phenoxy) is 1. The number of fused-ring (bicyclic) bond motifs is 3. The van der Waals surface area contributed by atoms with Crippen LogP contribution in [0.4, 0.5) is 0 Å². The first-order valence-electron chi connectivity index (χ1n) is 7.98. The van der Waals surface area contributed by atoms with E-state index in [1.807, 2.05) is 25.1 Å². The van der Waals surface area contributed by atoms with Gasteiger partial charge in [-0.3, -0.25) is 4.98 Å². The number of nitrogens with zero attached hydrogens (tertiary/aromatic N) is 3. The van der Waals surface area contributed by atoms with Crippen molar-refractivity contribution in [1.29, 1.82) is 0 Å². The van der Waals surface area contributed by atoms with E-state index in [-0.39, 0.29) is 6.04 Å². The molecular formula is C18H20N4O. The molecule has 1 unspecified atom stereocenters. The minimum atomic E-state index is 0.260. The van der Waals surface area contributed by atoms with Crippen LogP contribution in [0.1, 0.15) is 23.3 Å². The van der Waals surface area contributed by atoms with E-state index in [0.29, 0.717) is 13.2 Å². The quantitative estimate of drug-likeness (QED) is 0.805. The van der Waals surface area contributed by atoms with Gasteiger partial charge in [-0.1, -0.05) is 18.2 Å². The smallest absolute Gasteiger partial charge is 0.136 e. The molecule has 0 aliphatic carbocycles. The van der Waals surface area contributed by atoms with Crippen LogP contribution in [0.15, 0.2) is 42.5 Å². The Bertz CT molecular complexity index is 827. The van der Waals surface area contributed by atoms with E-state index in [2.05, 4.69) is 44.1 Å². The molecule has 5 nitrogen and oxygen atoms in total. The third-order valence-corrected chi connectivity index (χ3v) is 4.21. The van der Waals surface area contributed by atoms with Gasteiger partial charge in [-0.15, -0.1) is 0 Å². The van der Waals surface area contributed by atoms with E-state index in [1.165, 1.54) is 5.52 Å². The summed E-state index contributed by atoms with van der Waals surface area (Å²) in [7, 11) is 0. The predicted octanol–water partition coefficient (Wildman–Crippen LogP) is 2.60. The molecule has 0 fully saturated rings. The zero-order valence-electron chi connectivity index (χ0n) is 13.2. The lowest BCUT2D eigenvalue weighted by atomic mass is 10.2. The number of pyridine rings is 1. The van der Waals surface area contributed by atoms with Crippen LogP contribution in [0.25, 0.3) is 11.0 Å². The standard InChI is InChI=1S/C18H20N4O/c1-13-5-4-6-14(20-13)9-19-10-15-11-23-12-18-21-16-7-2-3-8-17(16)22(15)18/h2-8,15,19H,9-12H2,1H3. The molecule has 2 aromatic heterocycles. The monoisotopic (exact) mass is 308 g/mol. The SMILES string of the molecule is Cc1cccc(CNCC2COCc3nc4ccccc4n32)n1. The Morgan fingerprint density at radius 3 is 3.00 bits per heavy atom. The number of imidazole rings is 1. The Hall–Kier alpha value is -2.24. The van der Waals surface area contributed by atoms with Gasteiger partial charge in [0.1, 0.15) is 12.4 Å². The molecule has 0 radical (unpaired) electrons. The first kappa shape index (κ1) is 14.4. The molecule has 3 aromatic rings. The fourth-order valence-electron chi connectivity index (χ4n) is 3.18. The second-order valence-electron chi connectivity index (χ2n) is 5.96. The third-order valence-electron chi connectivity index (χ3n) is 4.21. The summed E-state index contributed by atoms with van der Waals surface area (Å²) in [4.78, 5) is 9.21. The van der Waals surface area contributed by atoms with Crippen LogP contribution in [0.5, 0.6) is 0 Å². The number of aryl methyl sites for hydroxylation is 1. The number of nitrogens with one attached hydrogen (secondary N) is 1. The molecule has 1 aliphatic rings. The number of benzene rings is 1. The largest absolute Gasteiger partial charge is 0.371 e. The Labute approximate surface area is 135 Å². The van der Waals surface area contributed by atoms with Crippen LogP contribution < -0.4 is 5.32 Å². The summed E-state index contributed by atoms with van der Waals surface area (Å²) in [5.74, 6) is 1.01. The van der Waals surface area contributed by atoms with Crippen LogP contribution in [-0.4, -0.2) is 27.7 Å². The summed E-state index contributed by atoms with van der Waals surface area (Å²) in [6, 6.07) is 14.7. The predicted molar refractivity (Wildman–Crippen MR) is 89.1 cm³/mol. The van der Waals surface area contributed by atoms with Crippen molar-refractivity contribution in [2.24, 2.45) is 0 Å². The highest BCUT2D eigenvalue weighted by molar-refractivity contribution is 5.76. The van der Waals surface area contributed by atoms with Gasteiger partial charge in [0.05, 0.1) is 29.4 Å². The van der Waals surface area contributed by atoms with Gasteiger partial charge in [0.2, 0.25) is 0 Å². The molecule has 0 saturated heterocycles. The average Bonchev–Trinajstić information content (AvgIpc) is 2.94. The maximum atomic E-state index is 5.72. The molecule has 1 aromatic carbocycles. The van der Waals surface area contributed by atoms with E-state index < -0.39 is 0 Å². The summed E-state index contributed by atoms with van der Waals surface area (Å²) in [5.41, 5.74) is 4.34. The van der Waals surface area contributed by atoms with Gasteiger partial charge < -0.3 is 14.6 Å². The molecule has 0 amide bonds. The lowest BCUT2D eigenvalue weighted by molar-refractivity contribution is 0.0564. The van der Waals surface area contributed by atoms with Crippen LogP contribution in [-0.2, 0) is 17.9 Å². The third kappa shape index (κ3) is 2.85. The lowest BCUT2D eigenvalue weighted by Crippen LogP contribution is -2.32. The molecule has 0 saturated carbocycles. The van der Waals surface area contributed by atoms with Crippen molar-refractivity contribution in [1.82, 2.24) is 19.9 Å². The van der Waals surface area contributed by atoms with Gasteiger partial charge in [0.25, 0.3) is 0 Å². The Morgan fingerprint density at radius 1 is 1.17 bits per heavy atom. The van der Waals surface area contributed by atoms with Crippen LogP contribution in [0.3, 0.4) is 0 Å². The number of aromatic nitrogens is 3. The Kier molecular flexibility index (Phi) is 3.81. The van der Waals surface area contributed by atoms with E-state index in [1.54, 1.807) is 0 Å². The van der Waals surface area contributed by atoms with Gasteiger partial charge in [-0.2, -0.15) is 0 Å². The summed E-state index contributed by atoms with van der Waals surface area (Å²) >= 11 is 0. The molecule has 118 valence electrons. The van der Waals surface area contributed by atoms with Crippen LogP contribution in [0, 0.1) is 6.92 Å². The molecule has 1 atom stereocenters. The van der Waals surface area contributed by atoms with Crippen molar-refractivity contribution in [3.8, 4) is 0 Å². The second-order valence-corrected chi connectivity index (χ2v) is 5.96. The summed E-state index contributed by atoms with van der Waals surface area (Å²) in [6.45, 7) is 4.91. The fourth-order valence-corrected chi connectivity index (χ4v) is 3.18. The minimum Gasteiger partial charge on any atom is -0.371 e. The molecule has 4 rings (SSSR count). The fraction of sp³-hybridized carbons (Fsp3) is 0.333. The van der Waals surface area contributed by atoms with Gasteiger partial charge in [0.15, 0.2) is 0 Å². The summed E-state index contributed by atoms with van der Waals surface area (Å²) in [6.07, 6.45) is 0. The van der Waals surface area contributed by atoms with Gasteiger partial charge in [-0.25, -0.2) is 4.98 Å². The van der Waals surface area contributed by atoms with E-state index in [0.717, 1.165) is 35.8 Å². The topological polar surface area (TPSA) is 52.0 Å². The van der Waals surface area contributed by atoms with E-state index in [4.69, 9.17) is 4.74 Å². The van der Waals surface area contributed by atoms with E-state index in [9.17, 15) is 0 Å². The van der Waals surface area contributed by atoms with Crippen LogP contribution >= 0.6 is 0 Å². The molecule has 23 heavy (non-hydrogen) atoms. The summed E-state index contributed by atoms with van der Waals surface area (Å²) < 4.78 is 8.04. The summed E-state index contributed by atoms with van der Waals surface area (Å²) in [5, 5.41) is 3.50. The van der Waals surface area contributed by atoms with Gasteiger partial charge >= 0.3 is 0 Å². The molecule has 1 N–H and O–H groups in total. The molecule has 1 aliphatic heterocycles. The highest BCUT2D eigenvalue weighted by Crippen LogP contribution is 2.25. The highest BCUT2D eigenvalue weighted by Gasteiger charge is 2.23.